The summed E-state index contributed by atoms with van der Waals surface area (Å²) in [5.74, 6) is -0.0603. The SMILES string of the molecule is CC1=CC(=O)C=CC1=NC(=NS(=O)(=O)c1ccc(C)cc1)c1ccccc1. The number of aliphatic imine (C=N–C) groups is 1. The molecule has 0 spiro atoms. The van der Waals surface area contributed by atoms with Crippen LogP contribution in [0, 0.1) is 6.92 Å². The lowest BCUT2D eigenvalue weighted by molar-refractivity contribution is -0.110. The number of rotatable bonds is 3. The molecule has 136 valence electrons. The van der Waals surface area contributed by atoms with E-state index in [1.54, 1.807) is 49.4 Å². The molecular weight excluding hydrogens is 360 g/mol. The van der Waals surface area contributed by atoms with Crippen LogP contribution in [-0.2, 0) is 14.8 Å². The van der Waals surface area contributed by atoms with Gasteiger partial charge in [0.25, 0.3) is 10.0 Å². The van der Waals surface area contributed by atoms with Crippen LogP contribution in [0.5, 0.6) is 0 Å². The topological polar surface area (TPSA) is 75.9 Å². The molecule has 2 aromatic rings. The number of amidine groups is 1. The Morgan fingerprint density at radius 3 is 2.19 bits per heavy atom. The second kappa shape index (κ2) is 7.63. The normalized spacial score (nSPS) is 16.5. The first kappa shape index (κ1) is 18.7. The summed E-state index contributed by atoms with van der Waals surface area (Å²) in [6, 6.07) is 15.4. The van der Waals surface area contributed by atoms with Crippen molar-refractivity contribution in [3.05, 3.63) is 89.5 Å². The molecule has 5 nitrogen and oxygen atoms in total. The molecule has 0 unspecified atom stereocenters. The average molecular weight is 378 g/mol. The van der Waals surface area contributed by atoms with E-state index in [0.29, 0.717) is 16.8 Å². The smallest absolute Gasteiger partial charge is 0.284 e. The Labute approximate surface area is 158 Å². The monoisotopic (exact) mass is 378 g/mol. The summed E-state index contributed by atoms with van der Waals surface area (Å²) < 4.78 is 29.5. The van der Waals surface area contributed by atoms with Gasteiger partial charge in [0.2, 0.25) is 0 Å². The quantitative estimate of drug-likeness (QED) is 0.465. The van der Waals surface area contributed by atoms with E-state index in [4.69, 9.17) is 0 Å². The lowest BCUT2D eigenvalue weighted by Crippen LogP contribution is -2.11. The molecule has 0 aromatic heterocycles. The van der Waals surface area contributed by atoms with Crippen molar-refractivity contribution >= 4 is 27.4 Å². The predicted octanol–water partition coefficient (Wildman–Crippen LogP) is 3.66. The number of hydrogen-bond donors (Lipinski definition) is 0. The molecule has 0 fully saturated rings. The van der Waals surface area contributed by atoms with Gasteiger partial charge in [0.05, 0.1) is 10.6 Å². The van der Waals surface area contributed by atoms with E-state index in [0.717, 1.165) is 5.56 Å². The Morgan fingerprint density at radius 2 is 1.56 bits per heavy atom. The highest BCUT2D eigenvalue weighted by Gasteiger charge is 2.16. The molecule has 3 rings (SSSR count). The van der Waals surface area contributed by atoms with E-state index in [1.165, 1.54) is 24.3 Å². The summed E-state index contributed by atoms with van der Waals surface area (Å²) in [7, 11) is -3.93. The summed E-state index contributed by atoms with van der Waals surface area (Å²) in [4.78, 5) is 16.0. The molecule has 1 aliphatic carbocycles. The van der Waals surface area contributed by atoms with Crippen molar-refractivity contribution in [3.8, 4) is 0 Å². The minimum absolute atomic E-state index is 0.0675. The Bertz CT molecular complexity index is 1090. The molecule has 0 radical (unpaired) electrons. The van der Waals surface area contributed by atoms with Crippen LogP contribution in [-0.4, -0.2) is 25.7 Å². The third-order valence-corrected chi connectivity index (χ3v) is 5.23. The van der Waals surface area contributed by atoms with Gasteiger partial charge in [-0.3, -0.25) is 4.79 Å². The first-order chi connectivity index (χ1) is 12.8. The van der Waals surface area contributed by atoms with Crippen LogP contribution in [0.1, 0.15) is 18.1 Å². The van der Waals surface area contributed by atoms with Gasteiger partial charge in [-0.2, -0.15) is 8.42 Å². The van der Waals surface area contributed by atoms with Gasteiger partial charge in [-0.05, 0) is 49.8 Å². The number of aryl methyl sites for hydroxylation is 1. The van der Waals surface area contributed by atoms with Crippen LogP contribution in [0.2, 0.25) is 0 Å². The van der Waals surface area contributed by atoms with Crippen LogP contribution >= 0.6 is 0 Å². The maximum absolute atomic E-state index is 12.8. The Morgan fingerprint density at radius 1 is 0.889 bits per heavy atom. The van der Waals surface area contributed by atoms with Gasteiger partial charge in [-0.15, -0.1) is 4.40 Å². The van der Waals surface area contributed by atoms with E-state index in [2.05, 4.69) is 9.39 Å². The third-order valence-electron chi connectivity index (χ3n) is 3.95. The fourth-order valence-electron chi connectivity index (χ4n) is 2.47. The lowest BCUT2D eigenvalue weighted by Gasteiger charge is -2.08. The summed E-state index contributed by atoms with van der Waals surface area (Å²) in [6.07, 6.45) is 4.41. The highest BCUT2D eigenvalue weighted by molar-refractivity contribution is 7.90. The highest BCUT2D eigenvalue weighted by Crippen LogP contribution is 2.17. The number of carbonyl (C=O) groups is 1. The molecule has 0 bridgehead atoms. The van der Waals surface area contributed by atoms with Gasteiger partial charge in [0.1, 0.15) is 0 Å². The zero-order valence-corrected chi connectivity index (χ0v) is 15.8. The average Bonchev–Trinajstić information content (AvgIpc) is 2.64. The van der Waals surface area contributed by atoms with Crippen LogP contribution in [0.25, 0.3) is 0 Å². The number of nitrogens with zero attached hydrogens (tertiary/aromatic N) is 2. The summed E-state index contributed by atoms with van der Waals surface area (Å²) in [5, 5.41) is 0. The number of hydrogen-bond acceptors (Lipinski definition) is 3. The first-order valence-electron chi connectivity index (χ1n) is 8.32. The van der Waals surface area contributed by atoms with Crippen LogP contribution in [0.15, 0.2) is 92.7 Å². The van der Waals surface area contributed by atoms with Crippen LogP contribution < -0.4 is 0 Å². The molecule has 2 aromatic carbocycles. The van der Waals surface area contributed by atoms with Crippen molar-refractivity contribution in [3.63, 3.8) is 0 Å². The molecule has 0 amide bonds. The Balaban J connectivity index is 2.12. The Kier molecular flexibility index (Phi) is 5.28. The number of carbonyl (C=O) groups excluding carboxylic acids is 1. The highest BCUT2D eigenvalue weighted by atomic mass is 32.2. The van der Waals surface area contributed by atoms with Crippen molar-refractivity contribution < 1.29 is 13.2 Å². The van der Waals surface area contributed by atoms with E-state index in [9.17, 15) is 13.2 Å². The van der Waals surface area contributed by atoms with Crippen molar-refractivity contribution in [2.75, 3.05) is 0 Å². The minimum atomic E-state index is -3.93. The third kappa shape index (κ3) is 4.54. The van der Waals surface area contributed by atoms with Crippen LogP contribution in [0.3, 0.4) is 0 Å². The summed E-state index contributed by atoms with van der Waals surface area (Å²) >= 11 is 0. The van der Waals surface area contributed by atoms with E-state index in [-0.39, 0.29) is 16.5 Å². The van der Waals surface area contributed by atoms with Gasteiger partial charge in [-0.25, -0.2) is 4.99 Å². The molecule has 0 N–H and O–H groups in total. The molecule has 0 saturated carbocycles. The van der Waals surface area contributed by atoms with E-state index < -0.39 is 10.0 Å². The largest absolute Gasteiger partial charge is 0.290 e. The summed E-state index contributed by atoms with van der Waals surface area (Å²) in [6.45, 7) is 3.63. The lowest BCUT2D eigenvalue weighted by atomic mass is 10.0. The summed E-state index contributed by atoms with van der Waals surface area (Å²) in [5.41, 5.74) is 2.67. The number of allylic oxidation sites excluding steroid dienone is 4. The van der Waals surface area contributed by atoms with Gasteiger partial charge in [0.15, 0.2) is 11.6 Å². The molecule has 6 heteroatoms. The van der Waals surface area contributed by atoms with Crippen molar-refractivity contribution in [1.29, 1.82) is 0 Å². The van der Waals surface area contributed by atoms with Crippen molar-refractivity contribution in [2.45, 2.75) is 18.7 Å². The first-order valence-corrected chi connectivity index (χ1v) is 9.76. The molecule has 1 aliphatic rings. The zero-order valence-electron chi connectivity index (χ0n) is 15.0. The molecule has 27 heavy (non-hydrogen) atoms. The van der Waals surface area contributed by atoms with E-state index in [1.807, 2.05) is 13.0 Å². The molecule has 0 aliphatic heterocycles. The second-order valence-corrected chi connectivity index (χ2v) is 7.73. The number of ketones is 1. The van der Waals surface area contributed by atoms with Gasteiger partial charge >= 0.3 is 0 Å². The Hall–Kier alpha value is -3.12. The van der Waals surface area contributed by atoms with Crippen LogP contribution in [0.4, 0.5) is 0 Å². The molecular formula is C21H18N2O3S. The maximum atomic E-state index is 12.8. The van der Waals surface area contributed by atoms with Crippen molar-refractivity contribution in [1.82, 2.24) is 0 Å². The zero-order chi connectivity index (χ0) is 19.4. The van der Waals surface area contributed by atoms with Crippen molar-refractivity contribution in [2.24, 2.45) is 9.39 Å². The fraction of sp³-hybridized carbons (Fsp3) is 0.0952. The predicted molar refractivity (Wildman–Crippen MR) is 107 cm³/mol. The maximum Gasteiger partial charge on any atom is 0.284 e. The van der Waals surface area contributed by atoms with Gasteiger partial charge in [0, 0.05) is 5.56 Å². The molecule has 0 saturated heterocycles. The molecule has 0 heterocycles. The van der Waals surface area contributed by atoms with Gasteiger partial charge < -0.3 is 0 Å². The molecule has 0 atom stereocenters. The number of benzene rings is 2. The van der Waals surface area contributed by atoms with E-state index >= 15 is 0 Å². The minimum Gasteiger partial charge on any atom is -0.290 e. The standard InChI is InChI=1S/C21H18N2O3S/c1-15-8-11-19(12-9-15)27(25,26)23-21(17-6-4-3-5-7-17)22-20-13-10-18(24)14-16(20)2/h3-14H,1-2H3. The fourth-order valence-corrected chi connectivity index (χ4v) is 3.43. The second-order valence-electron chi connectivity index (χ2n) is 6.13. The number of sulfonamides is 1. The van der Waals surface area contributed by atoms with Gasteiger partial charge in [-0.1, -0.05) is 48.0 Å².